The summed E-state index contributed by atoms with van der Waals surface area (Å²) in [7, 11) is 0. The molecule has 1 heterocycles. The Morgan fingerprint density at radius 1 is 1.71 bits per heavy atom. The van der Waals surface area contributed by atoms with E-state index in [0.717, 1.165) is 17.5 Å². The van der Waals surface area contributed by atoms with E-state index in [1.807, 2.05) is 0 Å². The normalized spacial score (nSPS) is 14.9. The van der Waals surface area contributed by atoms with E-state index < -0.39 is 17.9 Å². The third-order valence-corrected chi connectivity index (χ3v) is 4.07. The molecule has 0 bridgehead atoms. The summed E-state index contributed by atoms with van der Waals surface area (Å²) in [6, 6.07) is 0. The van der Waals surface area contributed by atoms with E-state index >= 15 is 0 Å². The van der Waals surface area contributed by atoms with Crippen molar-refractivity contribution >= 4 is 28.9 Å². The van der Waals surface area contributed by atoms with Gasteiger partial charge in [-0.25, -0.2) is 4.98 Å². The minimum atomic E-state index is -4.53. The second-order valence-electron chi connectivity index (χ2n) is 3.18. The summed E-state index contributed by atoms with van der Waals surface area (Å²) in [6.07, 6.45) is -4.53. The number of alkyl halides is 3. The predicted molar refractivity (Wildman–Crippen MR) is 60.5 cm³/mol. The molecule has 1 unspecified atom stereocenters. The molecule has 1 atom stereocenters. The summed E-state index contributed by atoms with van der Waals surface area (Å²) in [5.74, 6) is -3.16. The predicted octanol–water partition coefficient (Wildman–Crippen LogP) is 2.47. The third kappa shape index (κ3) is 4.08. The van der Waals surface area contributed by atoms with Crippen LogP contribution in [0, 0.1) is 12.8 Å². The SMILES string of the molecule is Cc1csc(SCC(C(N)=NO)C(F)(F)F)n1. The molecule has 0 aromatic carbocycles. The van der Waals surface area contributed by atoms with Crippen LogP contribution in [0.4, 0.5) is 13.2 Å². The van der Waals surface area contributed by atoms with Crippen LogP contribution in [0.2, 0.25) is 0 Å². The number of oxime groups is 1. The van der Waals surface area contributed by atoms with Crippen molar-refractivity contribution in [2.45, 2.75) is 17.4 Å². The number of hydrogen-bond donors (Lipinski definition) is 2. The second-order valence-corrected chi connectivity index (χ2v) is 5.31. The highest BCUT2D eigenvalue weighted by atomic mass is 32.2. The summed E-state index contributed by atoms with van der Waals surface area (Å²) in [5, 5.41) is 12.5. The second kappa shape index (κ2) is 5.58. The minimum Gasteiger partial charge on any atom is -0.409 e. The molecular formula is C8H10F3N3OS2. The number of amidine groups is 1. The number of thioether (sulfide) groups is 1. The number of nitrogens with two attached hydrogens (primary N) is 1. The van der Waals surface area contributed by atoms with Crippen molar-refractivity contribution in [2.75, 3.05) is 5.75 Å². The zero-order valence-electron chi connectivity index (χ0n) is 8.73. The van der Waals surface area contributed by atoms with Crippen LogP contribution in [0.15, 0.2) is 14.9 Å². The van der Waals surface area contributed by atoms with Crippen LogP contribution in [0.3, 0.4) is 0 Å². The van der Waals surface area contributed by atoms with Crippen molar-refractivity contribution < 1.29 is 18.4 Å². The molecule has 0 amide bonds. The zero-order chi connectivity index (χ0) is 13.1. The largest absolute Gasteiger partial charge is 0.409 e. The maximum atomic E-state index is 12.6. The fourth-order valence-electron chi connectivity index (χ4n) is 0.971. The van der Waals surface area contributed by atoms with Crippen LogP contribution in [0.5, 0.6) is 0 Å². The van der Waals surface area contributed by atoms with E-state index in [0.29, 0.717) is 4.34 Å². The lowest BCUT2D eigenvalue weighted by molar-refractivity contribution is -0.150. The number of nitrogens with zero attached hydrogens (tertiary/aromatic N) is 2. The van der Waals surface area contributed by atoms with Crippen molar-refractivity contribution in [3.8, 4) is 0 Å². The van der Waals surface area contributed by atoms with E-state index in [9.17, 15) is 13.2 Å². The fraction of sp³-hybridized carbons (Fsp3) is 0.500. The molecule has 9 heteroatoms. The monoisotopic (exact) mass is 285 g/mol. The van der Waals surface area contributed by atoms with E-state index in [1.165, 1.54) is 11.3 Å². The van der Waals surface area contributed by atoms with Gasteiger partial charge in [0, 0.05) is 16.8 Å². The van der Waals surface area contributed by atoms with Gasteiger partial charge in [-0.3, -0.25) is 0 Å². The average molecular weight is 285 g/mol. The Kier molecular flexibility index (Phi) is 4.63. The summed E-state index contributed by atoms with van der Waals surface area (Å²) >= 11 is 2.20. The molecule has 1 rings (SSSR count). The highest BCUT2D eigenvalue weighted by molar-refractivity contribution is 8.01. The Labute approximate surface area is 104 Å². The fourth-order valence-corrected chi connectivity index (χ4v) is 2.99. The van der Waals surface area contributed by atoms with Crippen LogP contribution >= 0.6 is 23.1 Å². The summed E-state index contributed by atoms with van der Waals surface area (Å²) in [5.41, 5.74) is 5.78. The van der Waals surface area contributed by atoms with E-state index in [-0.39, 0.29) is 5.75 Å². The van der Waals surface area contributed by atoms with Gasteiger partial charge in [-0.05, 0) is 6.92 Å². The molecule has 3 N–H and O–H groups in total. The summed E-state index contributed by atoms with van der Waals surface area (Å²) < 4.78 is 38.2. The van der Waals surface area contributed by atoms with Crippen LogP contribution in [0.1, 0.15) is 5.69 Å². The zero-order valence-corrected chi connectivity index (χ0v) is 10.4. The van der Waals surface area contributed by atoms with Gasteiger partial charge in [0.2, 0.25) is 0 Å². The van der Waals surface area contributed by atoms with Gasteiger partial charge in [-0.1, -0.05) is 16.9 Å². The molecule has 0 spiro atoms. The van der Waals surface area contributed by atoms with E-state index in [2.05, 4.69) is 10.1 Å². The van der Waals surface area contributed by atoms with Crippen LogP contribution in [-0.2, 0) is 0 Å². The molecule has 0 radical (unpaired) electrons. The van der Waals surface area contributed by atoms with Crippen molar-refractivity contribution in [3.05, 3.63) is 11.1 Å². The lowest BCUT2D eigenvalue weighted by Crippen LogP contribution is -2.37. The maximum absolute atomic E-state index is 12.6. The van der Waals surface area contributed by atoms with Gasteiger partial charge >= 0.3 is 6.18 Å². The molecule has 96 valence electrons. The first-order valence-electron chi connectivity index (χ1n) is 4.43. The number of aryl methyl sites for hydroxylation is 1. The van der Waals surface area contributed by atoms with Crippen molar-refractivity contribution in [1.29, 1.82) is 0 Å². The van der Waals surface area contributed by atoms with Crippen LogP contribution < -0.4 is 5.73 Å². The van der Waals surface area contributed by atoms with Gasteiger partial charge in [-0.2, -0.15) is 13.2 Å². The molecule has 0 saturated carbocycles. The molecule has 0 fully saturated rings. The molecular weight excluding hydrogens is 275 g/mol. The maximum Gasteiger partial charge on any atom is 0.399 e. The third-order valence-electron chi connectivity index (χ3n) is 1.84. The smallest absolute Gasteiger partial charge is 0.399 e. The molecule has 0 aliphatic heterocycles. The highest BCUT2D eigenvalue weighted by Crippen LogP contribution is 2.32. The highest BCUT2D eigenvalue weighted by Gasteiger charge is 2.42. The standard InChI is InChI=1S/C8H10F3N3OS2/c1-4-2-16-7(13-4)17-3-5(6(12)14-15)8(9,10)11/h2,5,15H,3H2,1H3,(H2,12,14). The Morgan fingerprint density at radius 3 is 2.76 bits per heavy atom. The quantitative estimate of drug-likeness (QED) is 0.293. The summed E-state index contributed by atoms with van der Waals surface area (Å²) in [4.78, 5) is 4.02. The molecule has 0 aliphatic carbocycles. The average Bonchev–Trinajstić information content (AvgIpc) is 2.62. The Hall–Kier alpha value is -0.960. The van der Waals surface area contributed by atoms with Gasteiger partial charge in [0.15, 0.2) is 5.84 Å². The Bertz CT molecular complexity index is 405. The first kappa shape index (κ1) is 14.1. The number of hydrogen-bond acceptors (Lipinski definition) is 5. The first-order valence-corrected chi connectivity index (χ1v) is 6.30. The summed E-state index contributed by atoms with van der Waals surface area (Å²) in [6.45, 7) is 1.76. The molecule has 1 aromatic heterocycles. The molecule has 0 aliphatic rings. The van der Waals surface area contributed by atoms with Gasteiger partial charge in [0.25, 0.3) is 0 Å². The lowest BCUT2D eigenvalue weighted by Gasteiger charge is -2.17. The Morgan fingerprint density at radius 2 is 2.35 bits per heavy atom. The lowest BCUT2D eigenvalue weighted by atomic mass is 10.1. The number of aromatic nitrogens is 1. The van der Waals surface area contributed by atoms with Crippen molar-refractivity contribution in [2.24, 2.45) is 16.8 Å². The van der Waals surface area contributed by atoms with Crippen molar-refractivity contribution in [1.82, 2.24) is 4.98 Å². The minimum absolute atomic E-state index is 0.355. The van der Waals surface area contributed by atoms with Crippen molar-refractivity contribution in [3.63, 3.8) is 0 Å². The van der Waals surface area contributed by atoms with E-state index in [4.69, 9.17) is 10.9 Å². The number of thiazole rings is 1. The van der Waals surface area contributed by atoms with Gasteiger partial charge < -0.3 is 10.9 Å². The van der Waals surface area contributed by atoms with Gasteiger partial charge in [-0.15, -0.1) is 11.3 Å². The molecule has 4 nitrogen and oxygen atoms in total. The number of halogens is 3. The topological polar surface area (TPSA) is 71.5 Å². The molecule has 17 heavy (non-hydrogen) atoms. The van der Waals surface area contributed by atoms with Gasteiger partial charge in [0.05, 0.1) is 0 Å². The van der Waals surface area contributed by atoms with E-state index in [1.54, 1.807) is 12.3 Å². The first-order chi connectivity index (χ1) is 7.84. The number of rotatable bonds is 4. The van der Waals surface area contributed by atoms with Crippen LogP contribution in [0.25, 0.3) is 0 Å². The van der Waals surface area contributed by atoms with Crippen LogP contribution in [-0.4, -0.2) is 28.0 Å². The molecule has 0 saturated heterocycles. The van der Waals surface area contributed by atoms with Gasteiger partial charge in [0.1, 0.15) is 10.3 Å². The molecule has 1 aromatic rings. The Balaban J connectivity index is 2.68.